The van der Waals surface area contributed by atoms with Crippen molar-refractivity contribution in [2.45, 2.75) is 20.8 Å². The highest BCUT2D eigenvalue weighted by Gasteiger charge is 2.38. The highest BCUT2D eigenvalue weighted by atomic mass is 14.8. The fourth-order valence-electron chi connectivity index (χ4n) is 14.6. The highest BCUT2D eigenvalue weighted by molar-refractivity contribution is 6.62. The van der Waals surface area contributed by atoms with Gasteiger partial charge in [0.2, 0.25) is 0 Å². The summed E-state index contributed by atoms with van der Waals surface area (Å²) in [6.45, 7) is 5.87. The van der Waals surface area contributed by atoms with E-state index in [1.807, 2.05) is 20.8 Å². The quantitative estimate of drug-likeness (QED) is 0.0406. The average Bonchev–Trinajstić information content (AvgIpc) is 4.34. The van der Waals surface area contributed by atoms with Crippen LogP contribution in [0.1, 0.15) is 16.7 Å². The average molecular weight is 1010 g/mol. The molecule has 15 rings (SSSR count). The molecule has 0 aliphatic carbocycles. The Balaban J connectivity index is 1.28. The van der Waals surface area contributed by atoms with Crippen LogP contribution in [0.5, 0.6) is 0 Å². The lowest BCUT2D eigenvalue weighted by molar-refractivity contribution is 1.40. The number of hydrogen-bond donors (Lipinski definition) is 21. The predicted octanol–water partition coefficient (Wildman–Crippen LogP) is 7.17. The summed E-state index contributed by atoms with van der Waals surface area (Å²) in [5, 5.41) is 14.5. The van der Waals surface area contributed by atoms with Gasteiger partial charge in [-0.2, -0.15) is 0 Å². The number of anilines is 21. The molecule has 0 aromatic heterocycles. The van der Waals surface area contributed by atoms with Crippen molar-refractivity contribution in [3.63, 3.8) is 0 Å². The largest absolute Gasteiger partial charge is 0.398 e. The normalized spacial score (nSPS) is 13.0. The molecule has 76 heavy (non-hydrogen) atoms. The maximum Gasteiger partial charge on any atom is 0.0809 e. The Hall–Kier alpha value is -11.0. The van der Waals surface area contributed by atoms with Crippen molar-refractivity contribution < 1.29 is 0 Å². The molecule has 21 nitrogen and oxygen atoms in total. The van der Waals surface area contributed by atoms with Crippen LogP contribution < -0.4 is 120 Å². The number of nitrogens with two attached hydrogens (primary N) is 21. The van der Waals surface area contributed by atoms with Crippen molar-refractivity contribution in [2.24, 2.45) is 0 Å². The van der Waals surface area contributed by atoms with E-state index in [9.17, 15) is 0 Å². The Morgan fingerprint density at radius 1 is 0.105 bits per heavy atom. The molecule has 0 aliphatic rings. The van der Waals surface area contributed by atoms with Crippen LogP contribution in [-0.4, -0.2) is 0 Å². The second-order valence-corrected chi connectivity index (χ2v) is 21.1. The zero-order valence-corrected chi connectivity index (χ0v) is 41.1. The highest BCUT2D eigenvalue weighted by Crippen LogP contribution is 2.66. The van der Waals surface area contributed by atoms with Crippen LogP contribution in [0.3, 0.4) is 0 Å². The van der Waals surface area contributed by atoms with Crippen LogP contribution in [0.25, 0.3) is 151 Å². The van der Waals surface area contributed by atoms with E-state index in [0.29, 0.717) is 152 Å². The van der Waals surface area contributed by atoms with Gasteiger partial charge >= 0.3 is 0 Å². The zero-order chi connectivity index (χ0) is 54.0. The number of aryl methyl sites for hydroxylation is 2. The minimum atomic E-state index is 0.0460. The molecule has 0 bridgehead atoms. The Morgan fingerprint density at radius 3 is 0.592 bits per heavy atom. The maximum atomic E-state index is 7.55. The summed E-state index contributed by atoms with van der Waals surface area (Å²) in [7, 11) is 0. The standard InChI is InChI=1S/C55H51N21/c1-4-5(2)35(56)33-9-7(4)8-6(3)36(57)52(73)47(68)19(8)10(9)12-20-14-16-27(43(64)39(20)60)30-17-15-21(40(61)44(65)28(17)29(16)45(66)41(62)25(14)22(12)37(33)58)13-11-18-31(32-24(11)49(70)54(75)55(76)50(32)71)48(69)53(74)51(72)34(18)38(59)23(13)26(15)42(63)46(30)67/h56-76H2,1-3H3. The van der Waals surface area contributed by atoms with E-state index in [1.165, 1.54) is 0 Å². The van der Waals surface area contributed by atoms with Gasteiger partial charge in [0.15, 0.2) is 0 Å². The van der Waals surface area contributed by atoms with E-state index >= 15 is 0 Å². The summed E-state index contributed by atoms with van der Waals surface area (Å²) in [6, 6.07) is 0. The van der Waals surface area contributed by atoms with Crippen LogP contribution in [-0.2, 0) is 0 Å². The van der Waals surface area contributed by atoms with Gasteiger partial charge in [0.05, 0.1) is 114 Å². The molecule has 15 aromatic rings. The summed E-state index contributed by atoms with van der Waals surface area (Å²) in [5.74, 6) is 0. The van der Waals surface area contributed by atoms with Crippen LogP contribution in [0.2, 0.25) is 0 Å². The van der Waals surface area contributed by atoms with Crippen LogP contribution in [0.4, 0.5) is 119 Å². The van der Waals surface area contributed by atoms with Gasteiger partial charge in [-0.05, 0) is 48.2 Å². The summed E-state index contributed by atoms with van der Waals surface area (Å²) in [4.78, 5) is 0. The molecule has 0 atom stereocenters. The Labute approximate surface area is 426 Å². The second kappa shape index (κ2) is 12.1. The molecular formula is C55H51N21. The predicted molar refractivity (Wildman–Crippen MR) is 334 cm³/mol. The first-order valence-corrected chi connectivity index (χ1v) is 24.1. The molecule has 0 spiro atoms. The lowest BCUT2D eigenvalue weighted by Crippen LogP contribution is -2.06. The fraction of sp³-hybridized carbons (Fsp3) is 0.0545. The van der Waals surface area contributed by atoms with E-state index in [0.717, 1.165) is 32.8 Å². The van der Waals surface area contributed by atoms with E-state index in [2.05, 4.69) is 0 Å². The molecular weight excluding hydrogens is 955 g/mol. The van der Waals surface area contributed by atoms with E-state index < -0.39 is 0 Å². The van der Waals surface area contributed by atoms with Gasteiger partial charge < -0.3 is 120 Å². The molecule has 0 radical (unpaired) electrons. The van der Waals surface area contributed by atoms with Crippen molar-refractivity contribution in [3.8, 4) is 0 Å². The third-order valence-corrected chi connectivity index (χ3v) is 18.2. The minimum Gasteiger partial charge on any atom is -0.398 e. The first kappa shape index (κ1) is 42.7. The summed E-state index contributed by atoms with van der Waals surface area (Å²) >= 11 is 0. The lowest BCUT2D eigenvalue weighted by Gasteiger charge is -2.24. The molecule has 42 N–H and O–H groups in total. The topological polar surface area (TPSA) is 546 Å². The molecule has 15 aromatic carbocycles. The molecule has 0 saturated heterocycles. The van der Waals surface area contributed by atoms with Crippen LogP contribution in [0.15, 0.2) is 0 Å². The lowest BCUT2D eigenvalue weighted by atomic mass is 9.83. The van der Waals surface area contributed by atoms with Crippen molar-refractivity contribution in [1.29, 1.82) is 0 Å². The number of hydrogen-bond acceptors (Lipinski definition) is 21. The van der Waals surface area contributed by atoms with Gasteiger partial charge in [-0.1, -0.05) is 0 Å². The minimum absolute atomic E-state index is 0.0460. The summed E-state index contributed by atoms with van der Waals surface area (Å²) in [5.41, 5.74) is 156. The zero-order valence-electron chi connectivity index (χ0n) is 41.1. The first-order valence-electron chi connectivity index (χ1n) is 24.1. The summed E-state index contributed by atoms with van der Waals surface area (Å²) < 4.78 is 0. The van der Waals surface area contributed by atoms with Gasteiger partial charge in [0.1, 0.15) is 0 Å². The van der Waals surface area contributed by atoms with Crippen molar-refractivity contribution in [2.75, 3.05) is 120 Å². The number of benzene rings is 11. The van der Waals surface area contributed by atoms with E-state index in [4.69, 9.17) is 120 Å². The van der Waals surface area contributed by atoms with E-state index in [-0.39, 0.29) is 102 Å². The third-order valence-electron chi connectivity index (χ3n) is 18.2. The number of nitrogen functional groups attached to an aromatic ring is 21. The SMILES string of the molecule is Cc1c(N)c2c(N)c3c4c(N)c(N)c5c6c(N)c(N)c7c8c(c(N)c(N)c(c9c(N)c(N)c(c4c95)c3c3c4c(N)c(N)c(N)c(C)c4c(c1C)c23)c68)c1c(N)c2c(N)c(N)c(N)c3c4c(N)c(N)c(N)c(N)c4c(c23)c17. The van der Waals surface area contributed by atoms with Gasteiger partial charge in [0.25, 0.3) is 0 Å². The molecule has 376 valence electrons. The fourth-order valence-corrected chi connectivity index (χ4v) is 14.6. The molecule has 0 heterocycles. The second-order valence-electron chi connectivity index (χ2n) is 21.1. The Bertz CT molecular complexity index is 5130. The molecule has 0 unspecified atom stereocenters. The third kappa shape index (κ3) is 3.79. The van der Waals surface area contributed by atoms with Gasteiger partial charge in [-0.25, -0.2) is 0 Å². The number of rotatable bonds is 0. The maximum absolute atomic E-state index is 7.55. The summed E-state index contributed by atoms with van der Waals surface area (Å²) in [6.07, 6.45) is 0. The van der Waals surface area contributed by atoms with Crippen molar-refractivity contribution >= 4 is 270 Å². The van der Waals surface area contributed by atoms with Gasteiger partial charge in [-0.15, -0.1) is 0 Å². The smallest absolute Gasteiger partial charge is 0.0809 e. The number of fused-ring (bicyclic) bond motifs is 16. The van der Waals surface area contributed by atoms with Crippen LogP contribution >= 0.6 is 0 Å². The Kier molecular flexibility index (Phi) is 6.80. The van der Waals surface area contributed by atoms with E-state index in [1.54, 1.807) is 0 Å². The molecule has 0 fully saturated rings. The molecule has 0 aliphatic heterocycles. The van der Waals surface area contributed by atoms with Gasteiger partial charge in [0, 0.05) is 146 Å². The monoisotopic (exact) mass is 1010 g/mol. The first-order chi connectivity index (χ1) is 35.9. The van der Waals surface area contributed by atoms with Crippen LogP contribution in [0, 0.1) is 20.8 Å². The molecule has 0 saturated carbocycles. The van der Waals surface area contributed by atoms with Crippen molar-refractivity contribution in [3.05, 3.63) is 16.7 Å². The van der Waals surface area contributed by atoms with Crippen molar-refractivity contribution in [1.82, 2.24) is 0 Å². The molecule has 0 amide bonds. The van der Waals surface area contributed by atoms with Gasteiger partial charge in [-0.3, -0.25) is 0 Å². The Morgan fingerprint density at radius 2 is 0.263 bits per heavy atom. The molecule has 21 heteroatoms.